The number of benzene rings is 2. The molecule has 0 aliphatic heterocycles. The van der Waals surface area contributed by atoms with E-state index in [9.17, 15) is 18.3 Å². The van der Waals surface area contributed by atoms with Crippen molar-refractivity contribution in [3.05, 3.63) is 59.6 Å². The quantitative estimate of drug-likeness (QED) is 0.399. The Morgan fingerprint density at radius 3 is 2.47 bits per heavy atom. The lowest BCUT2D eigenvalue weighted by Crippen LogP contribution is -2.51. The molecule has 0 aliphatic rings. The molecule has 0 spiro atoms. The Hall–Kier alpha value is -2.53. The van der Waals surface area contributed by atoms with Gasteiger partial charge in [-0.1, -0.05) is 44.2 Å². The van der Waals surface area contributed by atoms with Gasteiger partial charge in [-0.3, -0.25) is 0 Å². The summed E-state index contributed by atoms with van der Waals surface area (Å²) < 4.78 is 34.8. The number of aliphatic hydroxyl groups excluding tert-OH is 1. The van der Waals surface area contributed by atoms with Crippen LogP contribution in [0.2, 0.25) is 0 Å². The van der Waals surface area contributed by atoms with Crippen LogP contribution in [0.3, 0.4) is 0 Å². The number of rotatable bonds is 10. The maximum atomic E-state index is 13.6. The van der Waals surface area contributed by atoms with Crippen LogP contribution >= 0.6 is 11.3 Å². The minimum absolute atomic E-state index is 0.0190. The summed E-state index contributed by atoms with van der Waals surface area (Å²) in [5.74, 6) is 0.0190. The zero-order valence-electron chi connectivity index (χ0n) is 21.3. The fraction of sp³-hybridized carbons (Fsp3) is 0.462. The van der Waals surface area contributed by atoms with Crippen molar-refractivity contribution in [1.82, 2.24) is 14.6 Å². The van der Waals surface area contributed by atoms with Crippen molar-refractivity contribution in [2.75, 3.05) is 13.1 Å². The van der Waals surface area contributed by atoms with Gasteiger partial charge in [0.25, 0.3) is 0 Å². The number of aliphatic hydroxyl groups is 1. The van der Waals surface area contributed by atoms with E-state index in [1.807, 2.05) is 44.2 Å². The number of thiazole rings is 1. The number of nitrogens with one attached hydrogen (secondary N) is 1. The number of carbonyl (C=O) groups is 1. The molecule has 1 heterocycles. The smallest absolute Gasteiger partial charge is 0.407 e. The maximum Gasteiger partial charge on any atom is 0.407 e. The van der Waals surface area contributed by atoms with Gasteiger partial charge in [0, 0.05) is 13.1 Å². The highest BCUT2D eigenvalue weighted by Crippen LogP contribution is 2.25. The third kappa shape index (κ3) is 7.73. The minimum Gasteiger partial charge on any atom is -0.444 e. The Morgan fingerprint density at radius 2 is 1.83 bits per heavy atom. The van der Waals surface area contributed by atoms with Crippen LogP contribution in [0.5, 0.6) is 0 Å². The number of amides is 1. The molecule has 1 amide bonds. The number of hydrogen-bond acceptors (Lipinski definition) is 7. The highest BCUT2D eigenvalue weighted by molar-refractivity contribution is 7.89. The summed E-state index contributed by atoms with van der Waals surface area (Å²) in [6, 6.07) is 13.5. The van der Waals surface area contributed by atoms with Crippen molar-refractivity contribution in [2.24, 2.45) is 5.92 Å². The second-order valence-electron chi connectivity index (χ2n) is 10.2. The van der Waals surface area contributed by atoms with Gasteiger partial charge in [-0.25, -0.2) is 18.2 Å². The molecule has 0 saturated heterocycles. The van der Waals surface area contributed by atoms with Gasteiger partial charge in [0.1, 0.15) is 5.60 Å². The fourth-order valence-corrected chi connectivity index (χ4v) is 6.21. The second kappa shape index (κ2) is 11.7. The third-order valence-electron chi connectivity index (χ3n) is 5.37. The Morgan fingerprint density at radius 1 is 1.14 bits per heavy atom. The van der Waals surface area contributed by atoms with Gasteiger partial charge in [-0.15, -0.1) is 11.3 Å². The van der Waals surface area contributed by atoms with Crippen LogP contribution in [0, 0.1) is 5.92 Å². The molecule has 0 saturated carbocycles. The number of ether oxygens (including phenoxy) is 1. The van der Waals surface area contributed by atoms with E-state index < -0.39 is 33.9 Å². The first-order chi connectivity index (χ1) is 16.8. The monoisotopic (exact) mass is 533 g/mol. The summed E-state index contributed by atoms with van der Waals surface area (Å²) in [6.45, 7) is 9.13. The highest BCUT2D eigenvalue weighted by atomic mass is 32.2. The van der Waals surface area contributed by atoms with E-state index in [1.165, 1.54) is 21.7 Å². The second-order valence-corrected chi connectivity index (χ2v) is 13.0. The van der Waals surface area contributed by atoms with E-state index in [4.69, 9.17) is 4.74 Å². The Bertz CT molecular complexity index is 1250. The standard InChI is InChI=1S/C26H35N3O5S2/c1-18(2)15-29(36(32,33)20-11-12-21-24(14-20)35-17-27-21)16-23(30)22(13-19-9-7-6-8-10-19)28-25(31)34-26(3,4)5/h6-12,14,17-18,22-23,30H,13,15-16H2,1-5H3,(H,28,31). The molecule has 2 atom stereocenters. The van der Waals surface area contributed by atoms with Crippen LogP contribution in [-0.4, -0.2) is 59.7 Å². The summed E-state index contributed by atoms with van der Waals surface area (Å²) in [6.07, 6.45) is -1.54. The van der Waals surface area contributed by atoms with Crippen LogP contribution in [0.1, 0.15) is 40.2 Å². The summed E-state index contributed by atoms with van der Waals surface area (Å²) in [7, 11) is -3.92. The molecule has 2 N–H and O–H groups in total. The van der Waals surface area contributed by atoms with Gasteiger partial charge < -0.3 is 15.2 Å². The number of sulfonamides is 1. The van der Waals surface area contributed by atoms with E-state index in [0.29, 0.717) is 6.42 Å². The van der Waals surface area contributed by atoms with Crippen molar-refractivity contribution in [3.63, 3.8) is 0 Å². The molecule has 0 bridgehead atoms. The number of fused-ring (bicyclic) bond motifs is 1. The summed E-state index contributed by atoms with van der Waals surface area (Å²) in [4.78, 5) is 16.9. The van der Waals surface area contributed by atoms with Crippen LogP contribution < -0.4 is 5.32 Å². The van der Waals surface area contributed by atoms with Gasteiger partial charge in [0.05, 0.1) is 32.8 Å². The maximum absolute atomic E-state index is 13.6. The predicted octanol–water partition coefficient (Wildman–Crippen LogP) is 4.44. The van der Waals surface area contributed by atoms with Crippen LogP contribution in [0.25, 0.3) is 10.2 Å². The number of nitrogens with zero attached hydrogens (tertiary/aromatic N) is 2. The SMILES string of the molecule is CC(C)CN(CC(O)C(Cc1ccccc1)NC(=O)OC(C)(C)C)S(=O)(=O)c1ccc2ncsc2c1. The zero-order valence-corrected chi connectivity index (χ0v) is 23.0. The first-order valence-electron chi connectivity index (χ1n) is 11.9. The van der Waals surface area contributed by atoms with E-state index in [1.54, 1.807) is 38.4 Å². The van der Waals surface area contributed by atoms with Gasteiger partial charge in [0.2, 0.25) is 10.0 Å². The average molecular weight is 534 g/mol. The molecule has 1 aromatic heterocycles. The molecule has 2 aromatic carbocycles. The molecular formula is C26H35N3O5S2. The summed E-state index contributed by atoms with van der Waals surface area (Å²) in [5, 5.41) is 14.0. The molecule has 0 radical (unpaired) electrons. The lowest BCUT2D eigenvalue weighted by Gasteiger charge is -2.31. The molecule has 3 aromatic rings. The van der Waals surface area contributed by atoms with Gasteiger partial charge in [-0.05, 0) is 56.9 Å². The minimum atomic E-state index is -3.92. The molecule has 36 heavy (non-hydrogen) atoms. The van der Waals surface area contributed by atoms with Crippen molar-refractivity contribution in [2.45, 2.75) is 63.7 Å². The Labute approximate surface area is 217 Å². The lowest BCUT2D eigenvalue weighted by molar-refractivity contribution is 0.0400. The van der Waals surface area contributed by atoms with E-state index >= 15 is 0 Å². The fourth-order valence-electron chi connectivity index (χ4n) is 3.77. The predicted molar refractivity (Wildman–Crippen MR) is 143 cm³/mol. The van der Waals surface area contributed by atoms with Gasteiger partial charge in [-0.2, -0.15) is 4.31 Å². The topological polar surface area (TPSA) is 109 Å². The summed E-state index contributed by atoms with van der Waals surface area (Å²) >= 11 is 1.37. The molecular weight excluding hydrogens is 498 g/mol. The number of aromatic nitrogens is 1. The molecule has 8 nitrogen and oxygen atoms in total. The van der Waals surface area contributed by atoms with Crippen molar-refractivity contribution < 1.29 is 23.1 Å². The van der Waals surface area contributed by atoms with Crippen LogP contribution in [0.4, 0.5) is 4.79 Å². The Kier molecular flexibility index (Phi) is 9.10. The average Bonchev–Trinajstić information content (AvgIpc) is 3.25. The lowest BCUT2D eigenvalue weighted by atomic mass is 10.0. The van der Waals surface area contributed by atoms with Crippen molar-refractivity contribution in [3.8, 4) is 0 Å². The van der Waals surface area contributed by atoms with Crippen molar-refractivity contribution in [1.29, 1.82) is 0 Å². The molecule has 3 rings (SSSR count). The molecule has 10 heteroatoms. The molecule has 0 fully saturated rings. The molecule has 0 aliphatic carbocycles. The Balaban J connectivity index is 1.87. The summed E-state index contributed by atoms with van der Waals surface area (Å²) in [5.41, 5.74) is 2.59. The zero-order chi connectivity index (χ0) is 26.5. The van der Waals surface area contributed by atoms with Crippen molar-refractivity contribution >= 4 is 37.7 Å². The van der Waals surface area contributed by atoms with E-state index in [0.717, 1.165) is 15.8 Å². The van der Waals surface area contributed by atoms with E-state index in [-0.39, 0.29) is 23.9 Å². The van der Waals surface area contributed by atoms with E-state index in [2.05, 4.69) is 10.3 Å². The number of alkyl carbamates (subject to hydrolysis) is 1. The first kappa shape index (κ1) is 28.0. The number of carbonyl (C=O) groups excluding carboxylic acids is 1. The first-order valence-corrected chi connectivity index (χ1v) is 14.2. The van der Waals surface area contributed by atoms with Crippen LogP contribution in [0.15, 0.2) is 58.9 Å². The largest absolute Gasteiger partial charge is 0.444 e. The third-order valence-corrected chi connectivity index (χ3v) is 7.98. The number of hydrogen-bond donors (Lipinski definition) is 2. The molecule has 2 unspecified atom stereocenters. The van der Waals surface area contributed by atoms with Gasteiger partial charge in [0.15, 0.2) is 0 Å². The normalized spacial score (nSPS) is 14.2. The van der Waals surface area contributed by atoms with Crippen LogP contribution in [-0.2, 0) is 21.2 Å². The molecule has 196 valence electrons. The highest BCUT2D eigenvalue weighted by Gasteiger charge is 2.32. The van der Waals surface area contributed by atoms with Gasteiger partial charge >= 0.3 is 6.09 Å².